The van der Waals surface area contributed by atoms with E-state index in [4.69, 9.17) is 0 Å². The van der Waals surface area contributed by atoms with Gasteiger partial charge in [0.25, 0.3) is 0 Å². The van der Waals surface area contributed by atoms with Gasteiger partial charge in [-0.25, -0.2) is 0 Å². The topological polar surface area (TPSA) is 12.0 Å². The van der Waals surface area contributed by atoms with Gasteiger partial charge in [0.15, 0.2) is 0 Å². The van der Waals surface area contributed by atoms with Crippen molar-refractivity contribution in [3.63, 3.8) is 0 Å². The van der Waals surface area contributed by atoms with Crippen molar-refractivity contribution in [1.82, 2.24) is 5.32 Å². The third-order valence-corrected chi connectivity index (χ3v) is 3.85. The Morgan fingerprint density at radius 3 is 2.29 bits per heavy atom. The van der Waals surface area contributed by atoms with Gasteiger partial charge in [-0.15, -0.1) is 12.1 Å². The molecule has 2 saturated heterocycles. The number of fused-ring (bicyclic) bond motifs is 2. The zero-order valence-corrected chi connectivity index (χ0v) is 13.7. The number of piperidine rings is 1. The normalized spacial score (nSPS) is 26.1. The summed E-state index contributed by atoms with van der Waals surface area (Å²) in [6, 6.07) is 10.3. The average Bonchev–Trinajstić information content (AvgIpc) is 2.58. The summed E-state index contributed by atoms with van der Waals surface area (Å²) in [5.41, 5.74) is 2.95. The predicted molar refractivity (Wildman–Crippen MR) is 69.1 cm³/mol. The van der Waals surface area contributed by atoms with Crippen LogP contribution in [0, 0.1) is 20.3 Å². The van der Waals surface area contributed by atoms with Crippen molar-refractivity contribution in [2.45, 2.75) is 44.7 Å². The number of aryl methyl sites for hydroxylation is 1. The second kappa shape index (κ2) is 6.36. The van der Waals surface area contributed by atoms with Crippen molar-refractivity contribution in [3.05, 3.63) is 48.7 Å². The molecule has 2 aliphatic heterocycles. The van der Waals surface area contributed by atoms with Crippen LogP contribution in [0.5, 0.6) is 0 Å². The molecule has 17 heavy (non-hydrogen) atoms. The van der Waals surface area contributed by atoms with Gasteiger partial charge >= 0.3 is 0 Å². The molecule has 2 heterocycles. The van der Waals surface area contributed by atoms with E-state index in [-0.39, 0.29) is 40.1 Å². The molecular weight excluding hydrogens is 283 g/mol. The number of hydrogen-bond acceptors (Lipinski definition) is 1. The molecule has 3 rings (SSSR count). The number of benzene rings is 1. The minimum absolute atomic E-state index is 0. The van der Waals surface area contributed by atoms with Gasteiger partial charge in [-0.05, 0) is 12.8 Å². The molecule has 0 aliphatic carbocycles. The van der Waals surface area contributed by atoms with Crippen molar-refractivity contribution in [1.29, 1.82) is 0 Å². The third kappa shape index (κ3) is 3.13. The first-order valence-corrected chi connectivity index (χ1v) is 5.99. The van der Waals surface area contributed by atoms with Crippen molar-refractivity contribution in [3.8, 4) is 0 Å². The molecule has 0 aromatic heterocycles. The Bertz CT molecular complexity index is 352. The number of hydrogen-bond donors (Lipinski definition) is 1. The summed E-state index contributed by atoms with van der Waals surface area (Å²) >= 11 is 0. The molecule has 2 atom stereocenters. The summed E-state index contributed by atoms with van der Waals surface area (Å²) in [6.07, 6.45) is 5.28. The van der Waals surface area contributed by atoms with Crippen molar-refractivity contribution >= 4 is 0 Å². The fourth-order valence-corrected chi connectivity index (χ4v) is 3.09. The molecule has 0 spiro atoms. The van der Waals surface area contributed by atoms with E-state index in [1.54, 1.807) is 5.92 Å². The first-order valence-electron chi connectivity index (χ1n) is 5.99. The number of rotatable bonds is 1. The van der Waals surface area contributed by atoms with E-state index in [0.29, 0.717) is 0 Å². The molecule has 0 saturated carbocycles. The zero-order chi connectivity index (χ0) is 10.3. The predicted octanol–water partition coefficient (Wildman–Crippen LogP) is 3.28. The molecule has 1 radical (unpaired) electrons. The SMILES string of the molecule is Cc1ccccc1[C-]1CC2CCC(C1)N2.[CH3-].[Y]. The summed E-state index contributed by atoms with van der Waals surface area (Å²) in [5, 5.41) is 3.69. The van der Waals surface area contributed by atoms with Gasteiger partial charge in [0, 0.05) is 44.8 Å². The summed E-state index contributed by atoms with van der Waals surface area (Å²) in [5.74, 6) is 1.68. The van der Waals surface area contributed by atoms with Crippen LogP contribution in [0.15, 0.2) is 24.3 Å². The average molecular weight is 304 g/mol. The Labute approximate surface area is 131 Å². The second-order valence-electron chi connectivity index (χ2n) is 4.96. The fraction of sp³-hybridized carbons (Fsp3) is 0.467. The molecule has 2 unspecified atom stereocenters. The van der Waals surface area contributed by atoms with Crippen LogP contribution in [0.25, 0.3) is 0 Å². The maximum atomic E-state index is 3.69. The Morgan fingerprint density at radius 2 is 1.71 bits per heavy atom. The minimum Gasteiger partial charge on any atom is -0.358 e. The standard InChI is InChI=1S/C14H18N.CH3.Y/c1-10-4-2-3-5-14(10)11-8-12-6-7-13(9-11)15-12;;/h2-5,12-13,15H,6-9H2,1H3;1H3;/q2*-1;. The fourth-order valence-electron chi connectivity index (χ4n) is 3.09. The largest absolute Gasteiger partial charge is 0.358 e. The first-order chi connectivity index (χ1) is 7.33. The molecule has 1 N–H and O–H groups in total. The molecule has 91 valence electrons. The Morgan fingerprint density at radius 1 is 1.12 bits per heavy atom. The summed E-state index contributed by atoms with van der Waals surface area (Å²) in [4.78, 5) is 0. The summed E-state index contributed by atoms with van der Waals surface area (Å²) in [7, 11) is 0. The molecule has 1 aromatic rings. The van der Waals surface area contributed by atoms with Gasteiger partial charge in [-0.1, -0.05) is 25.8 Å². The monoisotopic (exact) mass is 304 g/mol. The Balaban J connectivity index is 0.000000722. The molecule has 2 fully saturated rings. The van der Waals surface area contributed by atoms with E-state index in [0.717, 1.165) is 12.1 Å². The van der Waals surface area contributed by atoms with E-state index in [1.807, 2.05) is 0 Å². The van der Waals surface area contributed by atoms with E-state index in [2.05, 4.69) is 36.5 Å². The van der Waals surface area contributed by atoms with E-state index < -0.39 is 0 Å². The molecule has 2 bridgehead atoms. The maximum absolute atomic E-state index is 3.69. The molecule has 1 nitrogen and oxygen atoms in total. The van der Waals surface area contributed by atoms with Gasteiger partial charge in [-0.2, -0.15) is 23.1 Å². The smallest absolute Gasteiger partial charge is 0.000292 e. The third-order valence-electron chi connectivity index (χ3n) is 3.85. The van der Waals surface area contributed by atoms with Crippen molar-refractivity contribution in [2.24, 2.45) is 0 Å². The molecule has 2 heteroatoms. The molecule has 1 aromatic carbocycles. The van der Waals surface area contributed by atoms with Gasteiger partial charge in [0.2, 0.25) is 0 Å². The molecule has 0 amide bonds. The van der Waals surface area contributed by atoms with Gasteiger partial charge in [-0.3, -0.25) is 0 Å². The van der Waals surface area contributed by atoms with Crippen molar-refractivity contribution < 1.29 is 32.7 Å². The second-order valence-corrected chi connectivity index (χ2v) is 4.96. The summed E-state index contributed by atoms with van der Waals surface area (Å²) in [6.45, 7) is 2.23. The van der Waals surface area contributed by atoms with E-state index in [1.165, 1.54) is 36.8 Å². The van der Waals surface area contributed by atoms with Crippen LogP contribution in [0.1, 0.15) is 36.8 Å². The van der Waals surface area contributed by atoms with Crippen molar-refractivity contribution in [2.75, 3.05) is 0 Å². The molecular formula is C15H21NY-2. The van der Waals surface area contributed by atoms with Crippen LogP contribution < -0.4 is 5.32 Å². The maximum Gasteiger partial charge on any atom is 0.000292 e. The van der Waals surface area contributed by atoms with Gasteiger partial charge in [0.05, 0.1) is 0 Å². The van der Waals surface area contributed by atoms with E-state index >= 15 is 0 Å². The van der Waals surface area contributed by atoms with Crippen LogP contribution in [0.2, 0.25) is 0 Å². The minimum atomic E-state index is 0. The van der Waals surface area contributed by atoms with E-state index in [9.17, 15) is 0 Å². The zero-order valence-electron chi connectivity index (χ0n) is 10.9. The van der Waals surface area contributed by atoms with Gasteiger partial charge in [0.1, 0.15) is 0 Å². The Kier molecular flexibility index (Phi) is 5.69. The molecule has 2 aliphatic rings. The van der Waals surface area contributed by atoms with Gasteiger partial charge < -0.3 is 12.7 Å². The van der Waals surface area contributed by atoms with Crippen LogP contribution in [0.3, 0.4) is 0 Å². The summed E-state index contributed by atoms with van der Waals surface area (Å²) < 4.78 is 0. The van der Waals surface area contributed by atoms with Crippen LogP contribution in [-0.2, 0) is 32.7 Å². The first kappa shape index (κ1) is 15.2. The Hall–Kier alpha value is 0.154. The quantitative estimate of drug-likeness (QED) is 0.785. The van der Waals surface area contributed by atoms with Crippen LogP contribution >= 0.6 is 0 Å². The van der Waals surface area contributed by atoms with Crippen LogP contribution in [0.4, 0.5) is 0 Å². The van der Waals surface area contributed by atoms with Crippen LogP contribution in [-0.4, -0.2) is 12.1 Å². The number of nitrogens with one attached hydrogen (secondary N) is 1.